The van der Waals surface area contributed by atoms with E-state index < -0.39 is 0 Å². The molecule has 0 aliphatic carbocycles. The van der Waals surface area contributed by atoms with Crippen molar-refractivity contribution >= 4 is 44.3 Å². The maximum atomic E-state index is 13.3. The number of hydrogen-bond donors (Lipinski definition) is 0. The highest BCUT2D eigenvalue weighted by Crippen LogP contribution is 2.35. The second-order valence-corrected chi connectivity index (χ2v) is 8.54. The molecule has 0 unspecified atom stereocenters. The normalized spacial score (nSPS) is 11.0. The zero-order chi connectivity index (χ0) is 22.1. The molecule has 0 spiro atoms. The van der Waals surface area contributed by atoms with Crippen LogP contribution >= 0.6 is 27.5 Å². The molecule has 4 nitrogen and oxygen atoms in total. The summed E-state index contributed by atoms with van der Waals surface area (Å²) in [4.78, 5) is 26.0. The molecule has 6 heteroatoms. The average Bonchev–Trinajstić information content (AvgIpc) is 2.75. The maximum absolute atomic E-state index is 13.3. The van der Waals surface area contributed by atoms with Crippen LogP contribution in [0, 0.1) is 13.8 Å². The molecule has 156 valence electrons. The van der Waals surface area contributed by atoms with Gasteiger partial charge in [-0.2, -0.15) is 0 Å². The fourth-order valence-corrected chi connectivity index (χ4v) is 3.73. The van der Waals surface area contributed by atoms with Crippen molar-refractivity contribution in [1.29, 1.82) is 0 Å². The Morgan fingerprint density at radius 1 is 1.03 bits per heavy atom. The van der Waals surface area contributed by atoms with Crippen LogP contribution in [0.3, 0.4) is 0 Å². The van der Waals surface area contributed by atoms with Gasteiger partial charge in [-0.1, -0.05) is 51.8 Å². The van der Waals surface area contributed by atoms with Gasteiger partial charge in [0.05, 0.1) is 10.4 Å². The van der Waals surface area contributed by atoms with Crippen LogP contribution in [0.1, 0.15) is 21.5 Å². The molecule has 0 aliphatic rings. The van der Waals surface area contributed by atoms with Crippen LogP contribution in [-0.2, 0) is 0 Å². The topological polar surface area (TPSA) is 56.5 Å². The molecule has 0 saturated carbocycles. The molecule has 0 atom stereocenters. The average molecular weight is 498 g/mol. The Morgan fingerprint density at radius 2 is 1.71 bits per heavy atom. The third-order valence-corrected chi connectivity index (χ3v) is 5.96. The summed E-state index contributed by atoms with van der Waals surface area (Å²) in [5.74, 6) is -0.0820. The van der Waals surface area contributed by atoms with Crippen molar-refractivity contribution in [3.8, 4) is 17.1 Å². The van der Waals surface area contributed by atoms with Crippen molar-refractivity contribution in [3.05, 3.63) is 97.1 Å². The summed E-state index contributed by atoms with van der Waals surface area (Å²) < 4.78 is 12.7. The maximum Gasteiger partial charge on any atom is 0.235 e. The lowest BCUT2D eigenvalue weighted by Gasteiger charge is -2.13. The third-order valence-electron chi connectivity index (χ3n) is 5.10. The summed E-state index contributed by atoms with van der Waals surface area (Å²) in [5, 5.41) is 0.808. The van der Waals surface area contributed by atoms with Gasteiger partial charge in [0.1, 0.15) is 5.58 Å². The second kappa shape index (κ2) is 8.69. The minimum atomic E-state index is -0.345. The standard InChI is InChI=1S/C25H18BrClO4/c1-14-11-19-22(12-15(14)2)31-24(18-5-3-4-6-20(18)27)25(23(19)29)30-13-21(28)16-7-9-17(26)10-8-16/h3-12H,13H2,1-2H3. The summed E-state index contributed by atoms with van der Waals surface area (Å²) in [6.07, 6.45) is 0. The van der Waals surface area contributed by atoms with Crippen molar-refractivity contribution in [3.63, 3.8) is 0 Å². The molecular formula is C25H18BrClO4. The lowest BCUT2D eigenvalue weighted by Crippen LogP contribution is -2.17. The van der Waals surface area contributed by atoms with Gasteiger partial charge in [0.25, 0.3) is 0 Å². The Bertz CT molecular complexity index is 1360. The lowest BCUT2D eigenvalue weighted by molar-refractivity contribution is 0.0920. The summed E-state index contributed by atoms with van der Waals surface area (Å²) in [7, 11) is 0. The quantitative estimate of drug-likeness (QED) is 0.286. The number of ketones is 1. The lowest BCUT2D eigenvalue weighted by atomic mass is 10.0. The van der Waals surface area contributed by atoms with E-state index >= 15 is 0 Å². The number of aryl methyl sites for hydroxylation is 2. The molecule has 31 heavy (non-hydrogen) atoms. The number of halogens is 2. The van der Waals surface area contributed by atoms with Crippen LogP contribution in [0.25, 0.3) is 22.3 Å². The van der Waals surface area contributed by atoms with Crippen LogP contribution < -0.4 is 10.2 Å². The predicted octanol–water partition coefficient (Wildman–Crippen LogP) is 6.75. The molecule has 0 radical (unpaired) electrons. The van der Waals surface area contributed by atoms with E-state index in [1.54, 1.807) is 54.6 Å². The highest BCUT2D eigenvalue weighted by atomic mass is 79.9. The number of fused-ring (bicyclic) bond motifs is 1. The molecule has 0 fully saturated rings. The molecule has 4 rings (SSSR count). The molecule has 0 saturated heterocycles. The molecule has 0 amide bonds. The van der Waals surface area contributed by atoms with Crippen LogP contribution in [0.4, 0.5) is 0 Å². The Hall–Kier alpha value is -2.89. The van der Waals surface area contributed by atoms with E-state index in [0.717, 1.165) is 15.6 Å². The number of ether oxygens (including phenoxy) is 1. The molecule has 1 heterocycles. The van der Waals surface area contributed by atoms with Gasteiger partial charge in [-0.05, 0) is 61.4 Å². The fraction of sp³-hybridized carbons (Fsp3) is 0.120. The first-order valence-electron chi connectivity index (χ1n) is 9.59. The molecular weight excluding hydrogens is 480 g/mol. The van der Waals surface area contributed by atoms with E-state index in [1.165, 1.54) is 0 Å². The van der Waals surface area contributed by atoms with Gasteiger partial charge >= 0.3 is 0 Å². The first-order chi connectivity index (χ1) is 14.8. The summed E-state index contributed by atoms with van der Waals surface area (Å²) in [5.41, 5.74) is 3.06. The van der Waals surface area contributed by atoms with E-state index in [2.05, 4.69) is 15.9 Å². The Labute approximate surface area is 192 Å². The monoisotopic (exact) mass is 496 g/mol. The predicted molar refractivity (Wildman–Crippen MR) is 126 cm³/mol. The van der Waals surface area contributed by atoms with Crippen molar-refractivity contribution < 1.29 is 13.9 Å². The highest BCUT2D eigenvalue weighted by molar-refractivity contribution is 9.10. The van der Waals surface area contributed by atoms with Gasteiger partial charge < -0.3 is 9.15 Å². The van der Waals surface area contributed by atoms with Gasteiger partial charge in [-0.15, -0.1) is 0 Å². The number of carbonyl (C=O) groups is 1. The van der Waals surface area contributed by atoms with E-state index in [4.69, 9.17) is 20.8 Å². The van der Waals surface area contributed by atoms with E-state index in [1.807, 2.05) is 19.9 Å². The first-order valence-corrected chi connectivity index (χ1v) is 10.8. The van der Waals surface area contributed by atoms with E-state index in [0.29, 0.717) is 27.1 Å². The SMILES string of the molecule is Cc1cc2oc(-c3ccccc3Cl)c(OCC(=O)c3ccc(Br)cc3)c(=O)c2cc1C. The Kier molecular flexibility index (Phi) is 5.99. The highest BCUT2D eigenvalue weighted by Gasteiger charge is 2.21. The molecule has 4 aromatic rings. The number of benzene rings is 3. The third kappa shape index (κ3) is 4.29. The number of Topliss-reactive ketones (excluding diaryl/α,β-unsaturated/α-hetero) is 1. The minimum Gasteiger partial charge on any atom is -0.478 e. The van der Waals surface area contributed by atoms with Gasteiger partial charge in [-0.3, -0.25) is 9.59 Å². The van der Waals surface area contributed by atoms with Crippen molar-refractivity contribution in [2.45, 2.75) is 13.8 Å². The van der Waals surface area contributed by atoms with E-state index in [9.17, 15) is 9.59 Å². The molecule has 0 aliphatic heterocycles. The number of rotatable bonds is 5. The summed E-state index contributed by atoms with van der Waals surface area (Å²) >= 11 is 9.72. The van der Waals surface area contributed by atoms with Crippen LogP contribution in [0.2, 0.25) is 5.02 Å². The summed E-state index contributed by atoms with van der Waals surface area (Å²) in [6, 6.07) is 17.6. The van der Waals surface area contributed by atoms with Crippen molar-refractivity contribution in [2.24, 2.45) is 0 Å². The van der Waals surface area contributed by atoms with Gasteiger partial charge in [0.2, 0.25) is 11.2 Å². The van der Waals surface area contributed by atoms with Gasteiger partial charge in [-0.25, -0.2) is 0 Å². The number of hydrogen-bond acceptors (Lipinski definition) is 4. The number of carbonyl (C=O) groups excluding carboxylic acids is 1. The molecule has 3 aromatic carbocycles. The summed E-state index contributed by atoms with van der Waals surface area (Å²) in [6.45, 7) is 3.57. The van der Waals surface area contributed by atoms with Gasteiger partial charge in [0, 0.05) is 15.6 Å². The zero-order valence-corrected chi connectivity index (χ0v) is 19.2. The Morgan fingerprint density at radius 3 is 2.42 bits per heavy atom. The fourth-order valence-electron chi connectivity index (χ4n) is 3.24. The zero-order valence-electron chi connectivity index (χ0n) is 16.9. The van der Waals surface area contributed by atoms with Gasteiger partial charge in [0.15, 0.2) is 18.2 Å². The smallest absolute Gasteiger partial charge is 0.235 e. The van der Waals surface area contributed by atoms with Crippen LogP contribution in [0.15, 0.2) is 74.3 Å². The van der Waals surface area contributed by atoms with Crippen molar-refractivity contribution in [1.82, 2.24) is 0 Å². The van der Waals surface area contributed by atoms with Crippen LogP contribution in [0.5, 0.6) is 5.75 Å². The molecule has 0 N–H and O–H groups in total. The first kappa shape index (κ1) is 21.3. The molecule has 1 aromatic heterocycles. The Balaban J connectivity index is 1.82. The largest absolute Gasteiger partial charge is 0.478 e. The minimum absolute atomic E-state index is 0.0330. The second-order valence-electron chi connectivity index (χ2n) is 7.22. The van der Waals surface area contributed by atoms with Crippen molar-refractivity contribution in [2.75, 3.05) is 6.61 Å². The van der Waals surface area contributed by atoms with Crippen LogP contribution in [-0.4, -0.2) is 12.4 Å². The van der Waals surface area contributed by atoms with E-state index in [-0.39, 0.29) is 29.3 Å². The molecule has 0 bridgehead atoms.